The van der Waals surface area contributed by atoms with Crippen LogP contribution in [0.1, 0.15) is 19.8 Å². The average Bonchev–Trinajstić information content (AvgIpc) is 1.81. The second-order valence-corrected chi connectivity index (χ2v) is 1.60. The molecular weight excluding hydrogens is 98.1 g/mol. The van der Waals surface area contributed by atoms with Gasteiger partial charge in [-0.2, -0.15) is 0 Å². The lowest BCUT2D eigenvalue weighted by atomic mass is 10.3. The van der Waals surface area contributed by atoms with Crippen molar-refractivity contribution in [1.82, 2.24) is 0 Å². The molecule has 0 spiro atoms. The van der Waals surface area contributed by atoms with Crippen LogP contribution in [0.2, 0.25) is 0 Å². The summed E-state index contributed by atoms with van der Waals surface area (Å²) < 4.78 is 0. The third-order valence-electron chi connectivity index (χ3n) is 0.814. The van der Waals surface area contributed by atoms with Crippen molar-refractivity contribution in [2.45, 2.75) is 19.8 Å². The number of hydrogen-bond acceptors (Lipinski definition) is 1. The summed E-state index contributed by atoms with van der Waals surface area (Å²) in [6.45, 7) is 2.15. The van der Waals surface area contributed by atoms with Gasteiger partial charge in [-0.1, -0.05) is 25.5 Å². The van der Waals surface area contributed by atoms with Gasteiger partial charge in [-0.15, -0.1) is 0 Å². The predicted octanol–water partition coefficient (Wildman–Crippen LogP) is 1.82. The van der Waals surface area contributed by atoms with Gasteiger partial charge in [0.25, 0.3) is 0 Å². The predicted molar refractivity (Wildman–Crippen MR) is 37.4 cm³/mol. The van der Waals surface area contributed by atoms with Crippen LogP contribution in [0.4, 0.5) is 0 Å². The van der Waals surface area contributed by atoms with E-state index >= 15 is 0 Å². The molecule has 0 saturated carbocycles. The third kappa shape index (κ3) is 5.28. The van der Waals surface area contributed by atoms with Crippen LogP contribution in [0.3, 0.4) is 0 Å². The van der Waals surface area contributed by atoms with E-state index < -0.39 is 0 Å². The van der Waals surface area contributed by atoms with Gasteiger partial charge in [0, 0.05) is 0 Å². The fraction of sp³-hybridized carbons (Fsp3) is 0.429. The van der Waals surface area contributed by atoms with E-state index in [2.05, 4.69) is 13.0 Å². The summed E-state index contributed by atoms with van der Waals surface area (Å²) in [6.07, 6.45) is 9.77. The van der Waals surface area contributed by atoms with Crippen LogP contribution >= 0.6 is 0 Å². The Hall–Kier alpha value is -0.720. The van der Waals surface area contributed by atoms with Crippen molar-refractivity contribution in [3.05, 3.63) is 24.4 Å². The molecule has 8 heavy (non-hydrogen) atoms. The maximum atomic E-state index is 5.08. The Labute approximate surface area is 50.9 Å². The topological polar surface area (TPSA) is 26.0 Å². The highest BCUT2D eigenvalue weighted by Crippen LogP contribution is 1.87. The number of nitrogens with two attached hydrogens (primary N) is 1. The van der Waals surface area contributed by atoms with Crippen LogP contribution in [-0.2, 0) is 0 Å². The molecule has 0 aliphatic carbocycles. The Balaban J connectivity index is 3.07. The highest BCUT2D eigenvalue weighted by molar-refractivity contribution is 5.00. The quantitative estimate of drug-likeness (QED) is 0.552. The Morgan fingerprint density at radius 3 is 2.62 bits per heavy atom. The van der Waals surface area contributed by atoms with Gasteiger partial charge in [-0.25, -0.2) is 0 Å². The largest absolute Gasteiger partial charge is 0.405 e. The lowest BCUT2D eigenvalue weighted by Crippen LogP contribution is -1.72. The lowest BCUT2D eigenvalue weighted by molar-refractivity contribution is 0.959. The smallest absolute Gasteiger partial charge is 0.00625 e. The number of unbranched alkanes of at least 4 members (excludes halogenated alkanes) is 1. The lowest BCUT2D eigenvalue weighted by Gasteiger charge is -1.78. The molecule has 0 unspecified atom stereocenters. The van der Waals surface area contributed by atoms with Gasteiger partial charge in [-0.05, 0) is 18.7 Å². The minimum absolute atomic E-state index is 1.14. The first-order valence-corrected chi connectivity index (χ1v) is 2.95. The molecule has 0 saturated heterocycles. The number of allylic oxidation sites excluding steroid dienone is 3. The molecule has 1 nitrogen and oxygen atoms in total. The summed E-state index contributed by atoms with van der Waals surface area (Å²) in [4.78, 5) is 0. The molecule has 0 heterocycles. The van der Waals surface area contributed by atoms with E-state index in [-0.39, 0.29) is 0 Å². The van der Waals surface area contributed by atoms with E-state index in [0.29, 0.717) is 0 Å². The Morgan fingerprint density at radius 1 is 1.38 bits per heavy atom. The molecule has 0 aromatic carbocycles. The molecule has 0 rings (SSSR count). The van der Waals surface area contributed by atoms with Crippen LogP contribution in [0, 0.1) is 0 Å². The zero-order valence-corrected chi connectivity index (χ0v) is 5.30. The van der Waals surface area contributed by atoms with E-state index in [1.807, 2.05) is 12.2 Å². The second kappa shape index (κ2) is 6.28. The fourth-order valence-corrected chi connectivity index (χ4v) is 0.406. The van der Waals surface area contributed by atoms with Crippen molar-refractivity contribution < 1.29 is 0 Å². The van der Waals surface area contributed by atoms with Crippen molar-refractivity contribution in [1.29, 1.82) is 0 Å². The van der Waals surface area contributed by atoms with Gasteiger partial charge in [0.1, 0.15) is 0 Å². The van der Waals surface area contributed by atoms with Gasteiger partial charge in [0.05, 0.1) is 0 Å². The molecule has 0 amide bonds. The van der Waals surface area contributed by atoms with E-state index in [1.54, 1.807) is 0 Å². The monoisotopic (exact) mass is 111 g/mol. The minimum atomic E-state index is 1.14. The molecule has 0 radical (unpaired) electrons. The SMILES string of the molecule is CCC/C=C/C=C/N. The summed E-state index contributed by atoms with van der Waals surface area (Å²) in [7, 11) is 0. The average molecular weight is 111 g/mol. The van der Waals surface area contributed by atoms with Crippen molar-refractivity contribution in [2.24, 2.45) is 5.73 Å². The first kappa shape index (κ1) is 7.28. The molecule has 0 bridgehead atoms. The number of hydrogen-bond donors (Lipinski definition) is 1. The third-order valence-corrected chi connectivity index (χ3v) is 0.814. The van der Waals surface area contributed by atoms with E-state index in [1.165, 1.54) is 12.6 Å². The van der Waals surface area contributed by atoms with Crippen LogP contribution in [0.5, 0.6) is 0 Å². The van der Waals surface area contributed by atoms with E-state index in [9.17, 15) is 0 Å². The zero-order valence-electron chi connectivity index (χ0n) is 5.30. The van der Waals surface area contributed by atoms with Crippen molar-refractivity contribution in [2.75, 3.05) is 0 Å². The molecule has 1 heteroatoms. The molecule has 0 aromatic rings. The van der Waals surface area contributed by atoms with Crippen LogP contribution in [-0.4, -0.2) is 0 Å². The van der Waals surface area contributed by atoms with Crippen LogP contribution in [0.25, 0.3) is 0 Å². The summed E-state index contributed by atoms with van der Waals surface area (Å²) >= 11 is 0. The highest BCUT2D eigenvalue weighted by Gasteiger charge is 1.67. The van der Waals surface area contributed by atoms with E-state index in [4.69, 9.17) is 5.73 Å². The standard InChI is InChI=1S/C7H13N/c1-2-3-4-5-6-7-8/h4-7H,2-3,8H2,1H3/b5-4+,7-6+. The summed E-state index contributed by atoms with van der Waals surface area (Å²) in [5.74, 6) is 0. The molecule has 0 fully saturated rings. The van der Waals surface area contributed by atoms with Crippen LogP contribution < -0.4 is 5.73 Å². The Bertz CT molecular complexity index is 82.4. The van der Waals surface area contributed by atoms with Crippen molar-refractivity contribution in [3.8, 4) is 0 Å². The summed E-state index contributed by atoms with van der Waals surface area (Å²) in [5, 5.41) is 0. The molecular formula is C7H13N. The van der Waals surface area contributed by atoms with Gasteiger partial charge in [0.2, 0.25) is 0 Å². The maximum absolute atomic E-state index is 5.08. The van der Waals surface area contributed by atoms with E-state index in [0.717, 1.165) is 6.42 Å². The molecule has 46 valence electrons. The first-order valence-electron chi connectivity index (χ1n) is 2.95. The molecule has 0 aromatic heterocycles. The van der Waals surface area contributed by atoms with Gasteiger partial charge >= 0.3 is 0 Å². The zero-order chi connectivity index (χ0) is 6.24. The minimum Gasteiger partial charge on any atom is -0.405 e. The summed E-state index contributed by atoms with van der Waals surface area (Å²) in [5.41, 5.74) is 5.08. The van der Waals surface area contributed by atoms with Gasteiger partial charge < -0.3 is 5.73 Å². The molecule has 2 N–H and O–H groups in total. The fourth-order valence-electron chi connectivity index (χ4n) is 0.406. The molecule has 0 aliphatic rings. The Morgan fingerprint density at radius 2 is 2.12 bits per heavy atom. The Kier molecular flexibility index (Phi) is 5.71. The number of rotatable bonds is 3. The first-order chi connectivity index (χ1) is 3.91. The van der Waals surface area contributed by atoms with Gasteiger partial charge in [0.15, 0.2) is 0 Å². The second-order valence-electron chi connectivity index (χ2n) is 1.60. The maximum Gasteiger partial charge on any atom is -0.00625 e. The molecule has 0 aliphatic heterocycles. The normalized spacial score (nSPS) is 11.6. The molecule has 0 atom stereocenters. The van der Waals surface area contributed by atoms with Crippen LogP contribution in [0.15, 0.2) is 24.4 Å². The van der Waals surface area contributed by atoms with Crippen molar-refractivity contribution in [3.63, 3.8) is 0 Å². The van der Waals surface area contributed by atoms with Gasteiger partial charge in [-0.3, -0.25) is 0 Å². The summed E-state index contributed by atoms with van der Waals surface area (Å²) in [6, 6.07) is 0. The highest BCUT2D eigenvalue weighted by atomic mass is 14.5. The van der Waals surface area contributed by atoms with Crippen molar-refractivity contribution >= 4 is 0 Å².